The third kappa shape index (κ3) is 4.12. The van der Waals surface area contributed by atoms with Crippen LogP contribution in [0.1, 0.15) is 18.4 Å². The fourth-order valence-electron chi connectivity index (χ4n) is 2.14. The van der Waals surface area contributed by atoms with E-state index in [1.807, 2.05) is 13.8 Å². The second-order valence-corrected chi connectivity index (χ2v) is 5.00. The van der Waals surface area contributed by atoms with Gasteiger partial charge < -0.3 is 15.0 Å². The number of H-pyrrole nitrogens is 1. The summed E-state index contributed by atoms with van der Waals surface area (Å²) in [5.41, 5.74) is 0.849. The molecule has 1 amide bonds. The summed E-state index contributed by atoms with van der Waals surface area (Å²) < 4.78 is 1.63. The van der Waals surface area contributed by atoms with Crippen LogP contribution in [0.15, 0.2) is 18.9 Å². The van der Waals surface area contributed by atoms with Crippen LogP contribution in [-0.4, -0.2) is 53.8 Å². The Morgan fingerprint density at radius 3 is 2.95 bits per heavy atom. The van der Waals surface area contributed by atoms with E-state index in [0.717, 1.165) is 11.5 Å². The van der Waals surface area contributed by atoms with E-state index in [2.05, 4.69) is 20.1 Å². The summed E-state index contributed by atoms with van der Waals surface area (Å²) in [5, 5.41) is 13.2. The molecule has 1 atom stereocenters. The maximum atomic E-state index is 12.5. The number of carbonyl (C=O) groups is 1. The molecule has 0 saturated heterocycles. The molecule has 0 saturated carbocycles. The Balaban J connectivity index is 2.00. The van der Waals surface area contributed by atoms with Crippen molar-refractivity contribution in [1.82, 2.24) is 29.6 Å². The highest BCUT2D eigenvalue weighted by molar-refractivity contribution is 5.78. The summed E-state index contributed by atoms with van der Waals surface area (Å²) in [6, 6.07) is 0. The molecular formula is C13H20N6O2. The highest BCUT2D eigenvalue weighted by Gasteiger charge is 2.21. The summed E-state index contributed by atoms with van der Waals surface area (Å²) in [4.78, 5) is 25.2. The fourth-order valence-corrected chi connectivity index (χ4v) is 2.14. The van der Waals surface area contributed by atoms with Gasteiger partial charge in [-0.05, 0) is 6.92 Å². The number of hydrogen-bond donors (Lipinski definition) is 2. The minimum atomic E-state index is -0.248. The minimum Gasteiger partial charge on any atom is -0.395 e. The number of amides is 1. The monoisotopic (exact) mass is 292 g/mol. The van der Waals surface area contributed by atoms with Crippen molar-refractivity contribution in [3.8, 4) is 0 Å². The molecule has 0 aliphatic heterocycles. The van der Waals surface area contributed by atoms with Crippen LogP contribution in [0.25, 0.3) is 0 Å². The second-order valence-electron chi connectivity index (χ2n) is 5.00. The predicted molar refractivity (Wildman–Crippen MR) is 75.0 cm³/mol. The molecule has 2 aromatic rings. The van der Waals surface area contributed by atoms with Crippen LogP contribution >= 0.6 is 0 Å². The van der Waals surface area contributed by atoms with Gasteiger partial charge in [0.1, 0.15) is 18.5 Å². The highest BCUT2D eigenvalue weighted by atomic mass is 16.3. The zero-order valence-corrected chi connectivity index (χ0v) is 12.2. The maximum Gasteiger partial charge on any atom is 0.227 e. The van der Waals surface area contributed by atoms with E-state index in [1.165, 1.54) is 6.33 Å². The van der Waals surface area contributed by atoms with E-state index in [0.29, 0.717) is 19.6 Å². The first-order valence-corrected chi connectivity index (χ1v) is 6.82. The van der Waals surface area contributed by atoms with Crippen molar-refractivity contribution in [1.29, 1.82) is 0 Å². The summed E-state index contributed by atoms with van der Waals surface area (Å²) >= 11 is 0. The van der Waals surface area contributed by atoms with Crippen LogP contribution in [0.3, 0.4) is 0 Å². The lowest BCUT2D eigenvalue weighted by Crippen LogP contribution is -2.38. The Labute approximate surface area is 122 Å². The third-order valence-corrected chi connectivity index (χ3v) is 3.15. The first-order valence-electron chi connectivity index (χ1n) is 6.82. The van der Waals surface area contributed by atoms with Crippen molar-refractivity contribution in [2.45, 2.75) is 26.9 Å². The zero-order valence-electron chi connectivity index (χ0n) is 12.2. The lowest BCUT2D eigenvalue weighted by atomic mass is 10.1. The van der Waals surface area contributed by atoms with Crippen molar-refractivity contribution < 1.29 is 9.90 Å². The van der Waals surface area contributed by atoms with E-state index in [4.69, 9.17) is 5.11 Å². The quantitative estimate of drug-likeness (QED) is 0.746. The van der Waals surface area contributed by atoms with E-state index < -0.39 is 0 Å². The van der Waals surface area contributed by atoms with Gasteiger partial charge in [-0.3, -0.25) is 9.48 Å². The lowest BCUT2D eigenvalue weighted by molar-refractivity contribution is -0.136. The molecule has 0 radical (unpaired) electrons. The average molecular weight is 292 g/mol. The Morgan fingerprint density at radius 2 is 2.38 bits per heavy atom. The van der Waals surface area contributed by atoms with E-state index in [9.17, 15) is 4.79 Å². The first kappa shape index (κ1) is 15.2. The smallest absolute Gasteiger partial charge is 0.227 e. The molecule has 2 rings (SSSR count). The van der Waals surface area contributed by atoms with Crippen LogP contribution in [0.2, 0.25) is 0 Å². The second kappa shape index (κ2) is 6.98. The molecule has 0 aliphatic rings. The summed E-state index contributed by atoms with van der Waals surface area (Å²) in [6.45, 7) is 4.78. The number of aliphatic hydroxyl groups excluding tert-OH is 1. The molecule has 21 heavy (non-hydrogen) atoms. The van der Waals surface area contributed by atoms with Crippen molar-refractivity contribution in [3.63, 3.8) is 0 Å². The van der Waals surface area contributed by atoms with Crippen LogP contribution in [0, 0.1) is 12.8 Å². The Morgan fingerprint density at radius 1 is 1.57 bits per heavy atom. The Kier molecular flexibility index (Phi) is 5.04. The highest BCUT2D eigenvalue weighted by Crippen LogP contribution is 2.09. The number of nitrogens with zero attached hydrogens (tertiary/aromatic N) is 5. The van der Waals surface area contributed by atoms with Gasteiger partial charge in [-0.25, -0.2) is 9.97 Å². The number of hydrogen-bond acceptors (Lipinski definition) is 5. The number of rotatable bonds is 7. The fraction of sp³-hybridized carbons (Fsp3) is 0.538. The van der Waals surface area contributed by atoms with Gasteiger partial charge in [0.2, 0.25) is 5.91 Å². The van der Waals surface area contributed by atoms with E-state index in [1.54, 1.807) is 22.1 Å². The van der Waals surface area contributed by atoms with Gasteiger partial charge >= 0.3 is 0 Å². The number of aromatic nitrogens is 5. The van der Waals surface area contributed by atoms with Gasteiger partial charge in [0.25, 0.3) is 0 Å². The molecule has 8 heteroatoms. The number of imidazole rings is 1. The summed E-state index contributed by atoms with van der Waals surface area (Å²) in [7, 11) is 0. The van der Waals surface area contributed by atoms with Gasteiger partial charge in [0, 0.05) is 6.54 Å². The topological polar surface area (TPSA) is 99.9 Å². The van der Waals surface area contributed by atoms with Crippen molar-refractivity contribution in [2.24, 2.45) is 5.92 Å². The Bertz CT molecular complexity index is 565. The van der Waals surface area contributed by atoms with Crippen molar-refractivity contribution in [2.75, 3.05) is 13.2 Å². The molecule has 0 aromatic carbocycles. The zero-order chi connectivity index (χ0) is 15.2. The van der Waals surface area contributed by atoms with Gasteiger partial charge in [-0.1, -0.05) is 6.92 Å². The average Bonchev–Trinajstić information content (AvgIpc) is 3.09. The molecule has 2 aromatic heterocycles. The summed E-state index contributed by atoms with van der Waals surface area (Å²) in [5.74, 6) is 0.520. The SMILES string of the molecule is Cc1ncc(CN(CCO)C(=O)C(C)Cn2cncn2)[nH]1. The molecule has 8 nitrogen and oxygen atoms in total. The predicted octanol–water partition coefficient (Wildman–Crippen LogP) is -0.0332. The van der Waals surface area contributed by atoms with E-state index >= 15 is 0 Å². The lowest BCUT2D eigenvalue weighted by Gasteiger charge is -2.24. The number of aliphatic hydroxyl groups is 1. The molecule has 0 spiro atoms. The molecule has 114 valence electrons. The molecule has 2 N–H and O–H groups in total. The van der Waals surface area contributed by atoms with Crippen LogP contribution < -0.4 is 0 Å². The number of aryl methyl sites for hydroxylation is 1. The van der Waals surface area contributed by atoms with Crippen LogP contribution in [-0.2, 0) is 17.9 Å². The summed E-state index contributed by atoms with van der Waals surface area (Å²) in [6.07, 6.45) is 4.73. The Hall–Kier alpha value is -2.22. The van der Waals surface area contributed by atoms with Gasteiger partial charge in [-0.15, -0.1) is 0 Å². The van der Waals surface area contributed by atoms with Crippen molar-refractivity contribution >= 4 is 5.91 Å². The number of aromatic amines is 1. The van der Waals surface area contributed by atoms with Gasteiger partial charge in [-0.2, -0.15) is 5.10 Å². The maximum absolute atomic E-state index is 12.5. The largest absolute Gasteiger partial charge is 0.395 e. The van der Waals surface area contributed by atoms with Gasteiger partial charge in [0.15, 0.2) is 0 Å². The van der Waals surface area contributed by atoms with Crippen LogP contribution in [0.5, 0.6) is 0 Å². The molecule has 1 unspecified atom stereocenters. The molecule has 0 aliphatic carbocycles. The molecule has 2 heterocycles. The molecule has 0 bridgehead atoms. The van der Waals surface area contributed by atoms with Crippen molar-refractivity contribution in [3.05, 3.63) is 30.4 Å². The number of carbonyl (C=O) groups excluding carboxylic acids is 1. The first-order chi connectivity index (χ1) is 10.1. The third-order valence-electron chi connectivity index (χ3n) is 3.15. The normalized spacial score (nSPS) is 12.3. The van der Waals surface area contributed by atoms with Gasteiger partial charge in [0.05, 0.1) is 37.5 Å². The molecule has 0 fully saturated rings. The minimum absolute atomic E-state index is 0.0354. The molecular weight excluding hydrogens is 272 g/mol. The number of nitrogens with one attached hydrogen (secondary N) is 1. The van der Waals surface area contributed by atoms with Crippen LogP contribution in [0.4, 0.5) is 0 Å². The standard InChI is InChI=1S/C13H20N6O2/c1-10(6-19-9-14-8-16-19)13(21)18(3-4-20)7-12-5-15-11(2)17-12/h5,8-10,20H,3-4,6-7H2,1-2H3,(H,15,17). The van der Waals surface area contributed by atoms with E-state index in [-0.39, 0.29) is 18.4 Å².